The molecular weight excluding hydrogens is 304 g/mol. The van der Waals surface area contributed by atoms with Crippen molar-refractivity contribution in [3.8, 4) is 0 Å². The minimum atomic E-state index is -0.0970. The first-order valence-corrected chi connectivity index (χ1v) is 6.79. The minimum Gasteiger partial charge on any atom is -0.322 e. The number of rotatable bonds is 4. The Balaban J connectivity index is 2.21. The number of hydrogen-bond donors (Lipinski definition) is 2. The molecule has 2 N–H and O–H groups in total. The highest BCUT2D eigenvalue weighted by molar-refractivity contribution is 9.10. The number of hydrogen-bond acceptors (Lipinski definition) is 2. The molecular formula is C15H15BrN2O. The summed E-state index contributed by atoms with van der Waals surface area (Å²) in [6, 6.07) is 15.0. The van der Waals surface area contributed by atoms with Gasteiger partial charge in [-0.1, -0.05) is 34.1 Å². The van der Waals surface area contributed by atoms with Gasteiger partial charge in [-0.15, -0.1) is 0 Å². The molecule has 0 unspecified atom stereocenters. The molecule has 3 nitrogen and oxygen atoms in total. The maximum atomic E-state index is 12.1. The lowest BCUT2D eigenvalue weighted by Gasteiger charge is -2.11. The van der Waals surface area contributed by atoms with Gasteiger partial charge in [0.25, 0.3) is 5.91 Å². The largest absolute Gasteiger partial charge is 0.322 e. The number of carbonyl (C=O) groups excluding carboxylic acids is 1. The lowest BCUT2D eigenvalue weighted by molar-refractivity contribution is 0.102. The van der Waals surface area contributed by atoms with E-state index in [9.17, 15) is 4.79 Å². The van der Waals surface area contributed by atoms with Crippen LogP contribution in [0.15, 0.2) is 53.0 Å². The van der Waals surface area contributed by atoms with Crippen LogP contribution in [0.1, 0.15) is 15.9 Å². The Labute approximate surface area is 121 Å². The third-order valence-corrected chi connectivity index (χ3v) is 3.21. The monoisotopic (exact) mass is 318 g/mol. The quantitative estimate of drug-likeness (QED) is 0.907. The highest BCUT2D eigenvalue weighted by Gasteiger charge is 2.08. The first kappa shape index (κ1) is 13.8. The van der Waals surface area contributed by atoms with Crippen molar-refractivity contribution in [2.75, 3.05) is 12.4 Å². The molecule has 0 spiro atoms. The lowest BCUT2D eigenvalue weighted by Crippen LogP contribution is -2.15. The third kappa shape index (κ3) is 3.66. The maximum Gasteiger partial charge on any atom is 0.255 e. The van der Waals surface area contributed by atoms with Gasteiger partial charge in [-0.3, -0.25) is 4.79 Å². The molecule has 0 saturated carbocycles. The standard InChI is InChI=1S/C15H15BrN2O/c1-17-10-12-9-13(16)7-8-14(12)18-15(19)11-5-3-2-4-6-11/h2-9,17H,10H2,1H3,(H,18,19). The average Bonchev–Trinajstić information content (AvgIpc) is 2.43. The number of halogens is 1. The van der Waals surface area contributed by atoms with E-state index < -0.39 is 0 Å². The molecule has 0 aliphatic heterocycles. The van der Waals surface area contributed by atoms with Crippen molar-refractivity contribution < 1.29 is 4.79 Å². The molecule has 0 heterocycles. The molecule has 0 aliphatic carbocycles. The Hall–Kier alpha value is -1.65. The van der Waals surface area contributed by atoms with Crippen LogP contribution in [0.3, 0.4) is 0 Å². The summed E-state index contributed by atoms with van der Waals surface area (Å²) in [7, 11) is 1.88. The van der Waals surface area contributed by atoms with Crippen molar-refractivity contribution in [1.29, 1.82) is 0 Å². The molecule has 98 valence electrons. The van der Waals surface area contributed by atoms with Gasteiger partial charge in [0.15, 0.2) is 0 Å². The van der Waals surface area contributed by atoms with Crippen molar-refractivity contribution in [1.82, 2.24) is 5.32 Å². The van der Waals surface area contributed by atoms with Crippen LogP contribution in [-0.2, 0) is 6.54 Å². The minimum absolute atomic E-state index is 0.0970. The molecule has 0 saturated heterocycles. The van der Waals surface area contributed by atoms with Gasteiger partial charge in [-0.2, -0.15) is 0 Å². The topological polar surface area (TPSA) is 41.1 Å². The van der Waals surface area contributed by atoms with E-state index in [2.05, 4.69) is 26.6 Å². The zero-order valence-corrected chi connectivity index (χ0v) is 12.2. The fraction of sp³-hybridized carbons (Fsp3) is 0.133. The van der Waals surface area contributed by atoms with Gasteiger partial charge in [0.05, 0.1) is 0 Å². The van der Waals surface area contributed by atoms with Gasteiger partial charge in [0, 0.05) is 22.3 Å². The number of carbonyl (C=O) groups is 1. The second-order valence-corrected chi connectivity index (χ2v) is 5.07. The summed E-state index contributed by atoms with van der Waals surface area (Å²) in [5, 5.41) is 6.03. The van der Waals surface area contributed by atoms with Crippen LogP contribution >= 0.6 is 15.9 Å². The van der Waals surface area contributed by atoms with E-state index in [-0.39, 0.29) is 5.91 Å². The summed E-state index contributed by atoms with van der Waals surface area (Å²) < 4.78 is 0.996. The summed E-state index contributed by atoms with van der Waals surface area (Å²) >= 11 is 3.44. The molecule has 2 aromatic carbocycles. The highest BCUT2D eigenvalue weighted by atomic mass is 79.9. The summed E-state index contributed by atoms with van der Waals surface area (Å²) in [5.41, 5.74) is 2.52. The summed E-state index contributed by atoms with van der Waals surface area (Å²) in [6.45, 7) is 0.698. The normalized spacial score (nSPS) is 10.2. The molecule has 4 heteroatoms. The van der Waals surface area contributed by atoms with Crippen molar-refractivity contribution >= 4 is 27.5 Å². The molecule has 0 aromatic heterocycles. The van der Waals surface area contributed by atoms with Gasteiger partial charge in [0.1, 0.15) is 0 Å². The smallest absolute Gasteiger partial charge is 0.255 e. The highest BCUT2D eigenvalue weighted by Crippen LogP contribution is 2.21. The Morgan fingerprint density at radius 1 is 1.16 bits per heavy atom. The van der Waals surface area contributed by atoms with Crippen molar-refractivity contribution in [3.05, 3.63) is 64.1 Å². The van der Waals surface area contributed by atoms with Crippen molar-refractivity contribution in [2.45, 2.75) is 6.54 Å². The molecule has 0 aliphatic rings. The molecule has 0 atom stereocenters. The van der Waals surface area contributed by atoms with Crippen LogP contribution in [0.5, 0.6) is 0 Å². The van der Waals surface area contributed by atoms with Crippen LogP contribution in [0.25, 0.3) is 0 Å². The third-order valence-electron chi connectivity index (χ3n) is 2.72. The fourth-order valence-corrected chi connectivity index (χ4v) is 2.21. The number of amides is 1. The summed E-state index contributed by atoms with van der Waals surface area (Å²) in [4.78, 5) is 12.1. The van der Waals surface area contributed by atoms with Crippen LogP contribution in [0.4, 0.5) is 5.69 Å². The molecule has 0 bridgehead atoms. The van der Waals surface area contributed by atoms with E-state index >= 15 is 0 Å². The molecule has 19 heavy (non-hydrogen) atoms. The molecule has 0 fully saturated rings. The zero-order valence-electron chi connectivity index (χ0n) is 10.6. The number of benzene rings is 2. The maximum absolute atomic E-state index is 12.1. The Morgan fingerprint density at radius 2 is 1.89 bits per heavy atom. The predicted molar refractivity (Wildman–Crippen MR) is 81.3 cm³/mol. The van der Waals surface area contributed by atoms with Crippen molar-refractivity contribution in [2.24, 2.45) is 0 Å². The van der Waals surface area contributed by atoms with E-state index in [4.69, 9.17) is 0 Å². The number of anilines is 1. The molecule has 0 radical (unpaired) electrons. The molecule has 2 rings (SSSR count). The average molecular weight is 319 g/mol. The second-order valence-electron chi connectivity index (χ2n) is 4.15. The van der Waals surface area contributed by atoms with E-state index in [1.807, 2.05) is 43.4 Å². The van der Waals surface area contributed by atoms with Crippen LogP contribution in [-0.4, -0.2) is 13.0 Å². The lowest BCUT2D eigenvalue weighted by atomic mass is 10.1. The van der Waals surface area contributed by atoms with Gasteiger partial charge >= 0.3 is 0 Å². The van der Waals surface area contributed by atoms with Gasteiger partial charge in [0.2, 0.25) is 0 Å². The number of nitrogens with one attached hydrogen (secondary N) is 2. The fourth-order valence-electron chi connectivity index (χ4n) is 1.80. The van der Waals surface area contributed by atoms with E-state index in [1.54, 1.807) is 12.1 Å². The summed E-state index contributed by atoms with van der Waals surface area (Å²) in [6.07, 6.45) is 0. The molecule has 2 aromatic rings. The first-order chi connectivity index (χ1) is 9.20. The van der Waals surface area contributed by atoms with E-state index in [1.165, 1.54) is 0 Å². The van der Waals surface area contributed by atoms with Gasteiger partial charge in [-0.05, 0) is 42.9 Å². The van der Waals surface area contributed by atoms with Crippen LogP contribution in [0.2, 0.25) is 0 Å². The molecule has 1 amide bonds. The Bertz CT molecular complexity index is 570. The van der Waals surface area contributed by atoms with Crippen LogP contribution in [0, 0.1) is 0 Å². The SMILES string of the molecule is CNCc1cc(Br)ccc1NC(=O)c1ccccc1. The van der Waals surface area contributed by atoms with E-state index in [0.717, 1.165) is 15.7 Å². The first-order valence-electron chi connectivity index (χ1n) is 6.00. The van der Waals surface area contributed by atoms with Crippen molar-refractivity contribution in [3.63, 3.8) is 0 Å². The zero-order chi connectivity index (χ0) is 13.7. The summed E-state index contributed by atoms with van der Waals surface area (Å²) in [5.74, 6) is -0.0970. The predicted octanol–water partition coefficient (Wildman–Crippen LogP) is 3.42. The Morgan fingerprint density at radius 3 is 2.58 bits per heavy atom. The van der Waals surface area contributed by atoms with Gasteiger partial charge < -0.3 is 10.6 Å². The second kappa shape index (κ2) is 6.50. The van der Waals surface area contributed by atoms with E-state index in [0.29, 0.717) is 12.1 Å². The Kier molecular flexibility index (Phi) is 4.71. The van der Waals surface area contributed by atoms with Crippen LogP contribution < -0.4 is 10.6 Å². The van der Waals surface area contributed by atoms with Gasteiger partial charge in [-0.25, -0.2) is 0 Å².